The van der Waals surface area contributed by atoms with Crippen LogP contribution >= 0.6 is 22.9 Å². The first-order valence-corrected chi connectivity index (χ1v) is 11.9. The maximum Gasteiger partial charge on any atom is 0.260 e. The maximum absolute atomic E-state index is 13.7. The van der Waals surface area contributed by atoms with Gasteiger partial charge in [-0.25, -0.2) is 4.98 Å². The molecule has 4 aromatic rings. The summed E-state index contributed by atoms with van der Waals surface area (Å²) < 4.78 is 14.1. The van der Waals surface area contributed by atoms with Crippen LogP contribution in [-0.2, 0) is 6.54 Å². The number of hydrogen-bond acceptors (Lipinski definition) is 6. The van der Waals surface area contributed by atoms with E-state index in [4.69, 9.17) is 26.1 Å². The van der Waals surface area contributed by atoms with Gasteiger partial charge in [0.15, 0.2) is 16.6 Å². The monoisotopic (exact) mass is 482 g/mol. The van der Waals surface area contributed by atoms with Gasteiger partial charge in [-0.2, -0.15) is 5.10 Å². The summed E-state index contributed by atoms with van der Waals surface area (Å²) in [5, 5.41) is 5.82. The fourth-order valence-corrected chi connectivity index (χ4v) is 5.42. The summed E-state index contributed by atoms with van der Waals surface area (Å²) in [6, 6.07) is 11.1. The van der Waals surface area contributed by atoms with Crippen molar-refractivity contribution in [3.8, 4) is 11.5 Å². The smallest absolute Gasteiger partial charge is 0.260 e. The molecular weight excluding hydrogens is 460 g/mol. The van der Waals surface area contributed by atoms with Gasteiger partial charge >= 0.3 is 0 Å². The molecule has 2 aromatic carbocycles. The van der Waals surface area contributed by atoms with E-state index in [1.54, 1.807) is 23.1 Å². The Morgan fingerprint density at radius 3 is 2.67 bits per heavy atom. The highest BCUT2D eigenvalue weighted by Gasteiger charge is 2.24. The zero-order valence-corrected chi connectivity index (χ0v) is 20.2. The molecule has 1 aliphatic heterocycles. The number of halogens is 1. The Hall–Kier alpha value is -3.10. The molecule has 5 rings (SSSR count). The Morgan fingerprint density at radius 1 is 1.12 bits per heavy atom. The van der Waals surface area contributed by atoms with Gasteiger partial charge in [-0.1, -0.05) is 22.9 Å². The molecule has 0 saturated carbocycles. The highest BCUT2D eigenvalue weighted by Crippen LogP contribution is 2.35. The van der Waals surface area contributed by atoms with Crippen LogP contribution in [0.2, 0.25) is 5.02 Å². The summed E-state index contributed by atoms with van der Waals surface area (Å²) in [5.41, 5.74) is 4.34. The van der Waals surface area contributed by atoms with Crippen molar-refractivity contribution in [1.82, 2.24) is 14.8 Å². The number of amides is 1. The number of fused-ring (bicyclic) bond motifs is 2. The molecule has 0 radical (unpaired) electrons. The number of benzene rings is 2. The van der Waals surface area contributed by atoms with Crippen LogP contribution in [-0.4, -0.2) is 40.4 Å². The van der Waals surface area contributed by atoms with Crippen molar-refractivity contribution in [3.05, 3.63) is 63.9 Å². The van der Waals surface area contributed by atoms with E-state index < -0.39 is 0 Å². The topological polar surface area (TPSA) is 69.5 Å². The predicted molar refractivity (Wildman–Crippen MR) is 130 cm³/mol. The average Bonchev–Trinajstić information content (AvgIpc) is 3.35. The van der Waals surface area contributed by atoms with E-state index in [9.17, 15) is 4.79 Å². The molecule has 0 aliphatic carbocycles. The fraction of sp³-hybridized carbons (Fsp3) is 0.292. The van der Waals surface area contributed by atoms with E-state index in [1.165, 1.54) is 11.3 Å². The van der Waals surface area contributed by atoms with E-state index in [0.29, 0.717) is 53.5 Å². The minimum Gasteiger partial charge on any atom is -0.486 e. The molecule has 3 heterocycles. The van der Waals surface area contributed by atoms with Gasteiger partial charge in [0, 0.05) is 22.8 Å². The highest BCUT2D eigenvalue weighted by atomic mass is 35.5. The number of hydrogen-bond donors (Lipinski definition) is 0. The first kappa shape index (κ1) is 21.7. The normalized spacial score (nSPS) is 12.8. The Bertz CT molecular complexity index is 1360. The Kier molecular flexibility index (Phi) is 5.72. The largest absolute Gasteiger partial charge is 0.486 e. The van der Waals surface area contributed by atoms with Gasteiger partial charge in [0.05, 0.1) is 22.5 Å². The minimum atomic E-state index is -0.156. The van der Waals surface area contributed by atoms with Crippen LogP contribution < -0.4 is 14.4 Å². The summed E-state index contributed by atoms with van der Waals surface area (Å²) in [4.78, 5) is 20.2. The van der Waals surface area contributed by atoms with Crippen LogP contribution in [0.1, 0.15) is 27.3 Å². The molecule has 0 N–H and O–H groups in total. The molecule has 33 heavy (non-hydrogen) atoms. The number of rotatable bonds is 5. The van der Waals surface area contributed by atoms with Crippen LogP contribution in [0.5, 0.6) is 11.5 Å². The van der Waals surface area contributed by atoms with Crippen LogP contribution in [0.4, 0.5) is 5.13 Å². The first-order valence-electron chi connectivity index (χ1n) is 10.7. The van der Waals surface area contributed by atoms with Crippen molar-refractivity contribution in [2.24, 2.45) is 0 Å². The Morgan fingerprint density at radius 2 is 1.91 bits per heavy atom. The van der Waals surface area contributed by atoms with Crippen molar-refractivity contribution in [2.75, 3.05) is 24.7 Å². The molecule has 1 amide bonds. The van der Waals surface area contributed by atoms with Gasteiger partial charge in [0.1, 0.15) is 13.2 Å². The number of nitrogens with zero attached hydrogens (tertiary/aromatic N) is 4. The lowest BCUT2D eigenvalue weighted by atomic mass is 10.1. The van der Waals surface area contributed by atoms with Gasteiger partial charge in [0.25, 0.3) is 5.91 Å². The van der Waals surface area contributed by atoms with E-state index >= 15 is 0 Å². The number of aromatic nitrogens is 3. The molecule has 0 bridgehead atoms. The first-order chi connectivity index (χ1) is 15.9. The van der Waals surface area contributed by atoms with Crippen molar-refractivity contribution < 1.29 is 14.3 Å². The van der Waals surface area contributed by atoms with Crippen molar-refractivity contribution in [2.45, 2.75) is 27.3 Å². The van der Waals surface area contributed by atoms with Gasteiger partial charge < -0.3 is 9.47 Å². The van der Waals surface area contributed by atoms with Crippen LogP contribution in [0.15, 0.2) is 36.4 Å². The zero-order chi connectivity index (χ0) is 23.1. The number of thiazole rings is 1. The SMILES string of the molecule is Cc1cc(C)n(CCN(C(=O)c2ccc3c(c2)OCCO3)c2nc3c(C)cc(Cl)cc3s2)n1. The number of carbonyl (C=O) groups excluding carboxylic acids is 1. The molecule has 1 aliphatic rings. The molecular formula is C24H23ClN4O3S. The summed E-state index contributed by atoms with van der Waals surface area (Å²) in [7, 11) is 0. The fourth-order valence-electron chi connectivity index (χ4n) is 3.97. The lowest BCUT2D eigenvalue weighted by molar-refractivity contribution is 0.0984. The quantitative estimate of drug-likeness (QED) is 0.391. The molecule has 0 spiro atoms. The van der Waals surface area contributed by atoms with Gasteiger partial charge in [-0.3, -0.25) is 14.4 Å². The van der Waals surface area contributed by atoms with Crippen LogP contribution in [0.25, 0.3) is 10.2 Å². The molecule has 7 nitrogen and oxygen atoms in total. The molecule has 0 fully saturated rings. The van der Waals surface area contributed by atoms with Crippen molar-refractivity contribution >= 4 is 44.2 Å². The third-order valence-corrected chi connectivity index (χ3v) is 6.79. The molecule has 0 atom stereocenters. The molecule has 2 aromatic heterocycles. The molecule has 170 valence electrons. The third-order valence-electron chi connectivity index (χ3n) is 5.54. The van der Waals surface area contributed by atoms with Gasteiger partial charge in [0.2, 0.25) is 0 Å². The van der Waals surface area contributed by atoms with Gasteiger partial charge in [-0.15, -0.1) is 0 Å². The lowest BCUT2D eigenvalue weighted by Gasteiger charge is -2.22. The number of anilines is 1. The Labute approximate surface area is 200 Å². The second-order valence-electron chi connectivity index (χ2n) is 8.03. The van der Waals surface area contributed by atoms with Gasteiger partial charge in [-0.05, 0) is 62.7 Å². The predicted octanol–water partition coefficient (Wildman–Crippen LogP) is 5.19. The summed E-state index contributed by atoms with van der Waals surface area (Å²) >= 11 is 7.71. The molecule has 9 heteroatoms. The third kappa shape index (κ3) is 4.28. The van der Waals surface area contributed by atoms with E-state index in [2.05, 4.69) is 5.10 Å². The molecule has 0 unspecified atom stereocenters. The summed E-state index contributed by atoms with van der Waals surface area (Å²) in [6.45, 7) is 7.87. The van der Waals surface area contributed by atoms with Crippen molar-refractivity contribution in [1.29, 1.82) is 0 Å². The number of carbonyl (C=O) groups is 1. The summed E-state index contributed by atoms with van der Waals surface area (Å²) in [6.07, 6.45) is 0. The highest BCUT2D eigenvalue weighted by molar-refractivity contribution is 7.22. The zero-order valence-electron chi connectivity index (χ0n) is 18.6. The number of aryl methyl sites for hydroxylation is 3. The average molecular weight is 483 g/mol. The summed E-state index contributed by atoms with van der Waals surface area (Å²) in [5.74, 6) is 1.08. The number of ether oxygens (including phenoxy) is 2. The maximum atomic E-state index is 13.7. The lowest BCUT2D eigenvalue weighted by Crippen LogP contribution is -2.34. The second kappa shape index (κ2) is 8.68. The minimum absolute atomic E-state index is 0.156. The van der Waals surface area contributed by atoms with E-state index in [1.807, 2.05) is 43.7 Å². The van der Waals surface area contributed by atoms with Crippen LogP contribution in [0, 0.1) is 20.8 Å². The molecule has 0 saturated heterocycles. The van der Waals surface area contributed by atoms with E-state index in [0.717, 1.165) is 27.2 Å². The van der Waals surface area contributed by atoms with E-state index in [-0.39, 0.29) is 5.91 Å². The Balaban J connectivity index is 1.52. The van der Waals surface area contributed by atoms with Crippen molar-refractivity contribution in [3.63, 3.8) is 0 Å². The standard InChI is InChI=1S/C24H23ClN4O3S/c1-14-10-18(25)13-21-22(14)26-24(33-21)28(6-7-29-16(3)11-15(2)27-29)23(30)17-4-5-19-20(12-17)32-9-8-31-19/h4-5,10-13H,6-9H2,1-3H3. The second-order valence-corrected chi connectivity index (χ2v) is 9.48. The van der Waals surface area contributed by atoms with Crippen LogP contribution in [0.3, 0.4) is 0 Å².